The van der Waals surface area contributed by atoms with E-state index in [1.807, 2.05) is 24.3 Å². The van der Waals surface area contributed by atoms with Crippen molar-refractivity contribution in [3.63, 3.8) is 0 Å². The van der Waals surface area contributed by atoms with Gasteiger partial charge in [0.05, 0.1) is 19.3 Å². The Labute approximate surface area is 148 Å². The maximum atomic E-state index is 13.0. The van der Waals surface area contributed by atoms with Gasteiger partial charge in [-0.3, -0.25) is 4.68 Å². The van der Waals surface area contributed by atoms with Gasteiger partial charge in [-0.15, -0.1) is 12.4 Å². The number of piperazine rings is 1. The van der Waals surface area contributed by atoms with Crippen molar-refractivity contribution in [2.24, 2.45) is 7.05 Å². The van der Waals surface area contributed by atoms with Crippen LogP contribution in [0.2, 0.25) is 0 Å². The molecule has 1 N–H and O–H groups in total. The molecule has 0 aliphatic carbocycles. The van der Waals surface area contributed by atoms with Crippen molar-refractivity contribution in [3.8, 4) is 5.75 Å². The summed E-state index contributed by atoms with van der Waals surface area (Å²) >= 11 is 0. The molecule has 0 radical (unpaired) electrons. The second-order valence-electron chi connectivity index (χ2n) is 5.43. The molecule has 0 amide bonds. The van der Waals surface area contributed by atoms with Crippen molar-refractivity contribution in [1.29, 1.82) is 0 Å². The monoisotopic (exact) mass is 372 g/mol. The van der Waals surface area contributed by atoms with Crippen LogP contribution in [0.3, 0.4) is 0 Å². The Hall–Kier alpha value is -1.61. The molecule has 1 aromatic carbocycles. The van der Waals surface area contributed by atoms with Gasteiger partial charge in [0.25, 0.3) is 0 Å². The molecule has 7 nitrogen and oxygen atoms in total. The highest BCUT2D eigenvalue weighted by Crippen LogP contribution is 2.33. The van der Waals surface area contributed by atoms with Gasteiger partial charge in [0, 0.05) is 38.4 Å². The van der Waals surface area contributed by atoms with E-state index >= 15 is 0 Å². The van der Waals surface area contributed by atoms with Crippen LogP contribution in [0.5, 0.6) is 5.75 Å². The Bertz CT molecular complexity index is 794. The van der Waals surface area contributed by atoms with Gasteiger partial charge in [-0.05, 0) is 6.07 Å². The molecule has 1 unspecified atom stereocenters. The van der Waals surface area contributed by atoms with Crippen LogP contribution in [0, 0.1) is 0 Å². The minimum absolute atomic E-state index is 0. The van der Waals surface area contributed by atoms with E-state index in [2.05, 4.69) is 10.4 Å². The number of rotatable bonds is 4. The molecule has 1 aliphatic rings. The third-order valence-corrected chi connectivity index (χ3v) is 5.84. The molecular weight excluding hydrogens is 352 g/mol. The van der Waals surface area contributed by atoms with E-state index in [0.717, 1.165) is 5.56 Å². The quantitative estimate of drug-likeness (QED) is 0.872. The van der Waals surface area contributed by atoms with E-state index < -0.39 is 10.0 Å². The lowest BCUT2D eigenvalue weighted by Crippen LogP contribution is -2.48. The van der Waals surface area contributed by atoms with Crippen LogP contribution in [0.4, 0.5) is 0 Å². The first kappa shape index (κ1) is 18.7. The Morgan fingerprint density at radius 1 is 1.33 bits per heavy atom. The number of para-hydroxylation sites is 1. The smallest absolute Gasteiger partial charge is 0.246 e. The molecule has 3 rings (SSSR count). The molecule has 0 saturated carbocycles. The molecule has 132 valence electrons. The second-order valence-corrected chi connectivity index (χ2v) is 7.32. The van der Waals surface area contributed by atoms with E-state index in [1.165, 1.54) is 21.4 Å². The topological polar surface area (TPSA) is 76.5 Å². The summed E-state index contributed by atoms with van der Waals surface area (Å²) in [7, 11) is -0.314. The molecule has 9 heteroatoms. The molecule has 1 fully saturated rings. The van der Waals surface area contributed by atoms with Crippen LogP contribution in [0.15, 0.2) is 41.6 Å². The van der Waals surface area contributed by atoms with Crippen LogP contribution in [-0.4, -0.2) is 49.2 Å². The van der Waals surface area contributed by atoms with Crippen molar-refractivity contribution >= 4 is 22.4 Å². The highest BCUT2D eigenvalue weighted by atomic mass is 35.5. The number of nitrogens with zero attached hydrogens (tertiary/aromatic N) is 3. The first-order valence-electron chi connectivity index (χ1n) is 7.38. The van der Waals surface area contributed by atoms with Crippen molar-refractivity contribution < 1.29 is 13.2 Å². The van der Waals surface area contributed by atoms with E-state index in [9.17, 15) is 8.42 Å². The number of hydrogen-bond donors (Lipinski definition) is 1. The minimum Gasteiger partial charge on any atom is -0.496 e. The number of nitrogens with one attached hydrogen (secondary N) is 1. The van der Waals surface area contributed by atoms with Crippen LogP contribution < -0.4 is 10.1 Å². The number of ether oxygens (including phenoxy) is 1. The third kappa shape index (κ3) is 3.41. The molecule has 0 bridgehead atoms. The van der Waals surface area contributed by atoms with Gasteiger partial charge in [-0.1, -0.05) is 18.2 Å². The number of aromatic nitrogens is 2. The summed E-state index contributed by atoms with van der Waals surface area (Å²) < 4.78 is 34.4. The SMILES string of the molecule is COc1ccccc1C1CNCCN1S(=O)(=O)c1cnn(C)c1.Cl. The van der Waals surface area contributed by atoms with Gasteiger partial charge in [-0.25, -0.2) is 8.42 Å². The average molecular weight is 373 g/mol. The van der Waals surface area contributed by atoms with Crippen LogP contribution in [0.1, 0.15) is 11.6 Å². The third-order valence-electron chi connectivity index (χ3n) is 3.98. The zero-order valence-electron chi connectivity index (χ0n) is 13.5. The largest absolute Gasteiger partial charge is 0.496 e. The lowest BCUT2D eigenvalue weighted by Gasteiger charge is -2.35. The summed E-state index contributed by atoms with van der Waals surface area (Å²) in [6.45, 7) is 1.56. The van der Waals surface area contributed by atoms with Crippen LogP contribution in [-0.2, 0) is 17.1 Å². The number of aryl methyl sites for hydroxylation is 1. The van der Waals surface area contributed by atoms with Crippen LogP contribution in [0.25, 0.3) is 0 Å². The van der Waals surface area contributed by atoms with Crippen molar-refractivity contribution in [2.45, 2.75) is 10.9 Å². The van der Waals surface area contributed by atoms with Gasteiger partial charge in [0.1, 0.15) is 10.6 Å². The van der Waals surface area contributed by atoms with Crippen molar-refractivity contribution in [2.75, 3.05) is 26.7 Å². The first-order chi connectivity index (χ1) is 11.0. The Morgan fingerprint density at radius 2 is 2.08 bits per heavy atom. The van der Waals surface area contributed by atoms with Crippen molar-refractivity contribution in [1.82, 2.24) is 19.4 Å². The summed E-state index contributed by atoms with van der Waals surface area (Å²) in [4.78, 5) is 0.210. The fourth-order valence-electron chi connectivity index (χ4n) is 2.85. The molecule has 1 saturated heterocycles. The molecule has 0 spiro atoms. The molecule has 1 aromatic heterocycles. The Kier molecular flexibility index (Phi) is 5.87. The second kappa shape index (κ2) is 7.52. The Morgan fingerprint density at radius 3 is 2.75 bits per heavy atom. The maximum Gasteiger partial charge on any atom is 0.246 e. The van der Waals surface area contributed by atoms with E-state index in [1.54, 1.807) is 14.2 Å². The van der Waals surface area contributed by atoms with E-state index in [-0.39, 0.29) is 23.3 Å². The lowest BCUT2D eigenvalue weighted by atomic mass is 10.0. The number of halogens is 1. The molecule has 2 aromatic rings. The lowest BCUT2D eigenvalue weighted by molar-refractivity contribution is 0.264. The number of benzene rings is 1. The van der Waals surface area contributed by atoms with Gasteiger partial charge in [0.2, 0.25) is 10.0 Å². The molecular formula is C15H21ClN4O3S. The van der Waals surface area contributed by atoms with Gasteiger partial charge in [0.15, 0.2) is 0 Å². The minimum atomic E-state index is -3.61. The number of sulfonamides is 1. The zero-order valence-corrected chi connectivity index (χ0v) is 15.2. The molecule has 24 heavy (non-hydrogen) atoms. The summed E-state index contributed by atoms with van der Waals surface area (Å²) in [5.74, 6) is 0.688. The van der Waals surface area contributed by atoms with E-state index in [0.29, 0.717) is 25.4 Å². The fraction of sp³-hybridized carbons (Fsp3) is 0.400. The highest BCUT2D eigenvalue weighted by molar-refractivity contribution is 7.89. The summed E-state index contributed by atoms with van der Waals surface area (Å²) in [6.07, 6.45) is 2.91. The Balaban J connectivity index is 0.00000208. The summed E-state index contributed by atoms with van der Waals surface area (Å²) in [5.41, 5.74) is 0.856. The predicted molar refractivity (Wildman–Crippen MR) is 93.0 cm³/mol. The summed E-state index contributed by atoms with van der Waals surface area (Å²) in [6, 6.07) is 7.20. The fourth-order valence-corrected chi connectivity index (χ4v) is 4.44. The first-order valence-corrected chi connectivity index (χ1v) is 8.82. The average Bonchev–Trinajstić information content (AvgIpc) is 3.02. The van der Waals surface area contributed by atoms with E-state index in [4.69, 9.17) is 4.74 Å². The van der Waals surface area contributed by atoms with Gasteiger partial charge in [-0.2, -0.15) is 9.40 Å². The number of methoxy groups -OCH3 is 1. The van der Waals surface area contributed by atoms with Crippen molar-refractivity contribution in [3.05, 3.63) is 42.2 Å². The van der Waals surface area contributed by atoms with Crippen LogP contribution >= 0.6 is 12.4 Å². The predicted octanol–water partition coefficient (Wildman–Crippen LogP) is 1.19. The number of hydrogen-bond acceptors (Lipinski definition) is 5. The summed E-state index contributed by atoms with van der Waals surface area (Å²) in [5, 5.41) is 7.24. The highest BCUT2D eigenvalue weighted by Gasteiger charge is 2.36. The zero-order chi connectivity index (χ0) is 16.4. The molecule has 2 heterocycles. The van der Waals surface area contributed by atoms with Gasteiger partial charge >= 0.3 is 0 Å². The molecule has 1 atom stereocenters. The normalized spacial score (nSPS) is 18.8. The van der Waals surface area contributed by atoms with Gasteiger partial charge < -0.3 is 10.1 Å². The molecule has 1 aliphatic heterocycles. The standard InChI is InChI=1S/C15H20N4O3S.ClH/c1-18-11-12(9-17-18)23(20,21)19-8-7-16-10-14(19)13-5-3-4-6-15(13)22-2;/h3-6,9,11,14,16H,7-8,10H2,1-2H3;1H. The maximum absolute atomic E-state index is 13.0.